The number of hydrogen-bond donors (Lipinski definition) is 2. The smallest absolute Gasteiger partial charge is 0.0693 e. The minimum atomic E-state index is -0.0601. The van der Waals surface area contributed by atoms with E-state index in [0.717, 1.165) is 19.4 Å². The Morgan fingerprint density at radius 1 is 1.07 bits per heavy atom. The number of aliphatic hydroxyl groups is 1. The molecule has 0 amide bonds. The van der Waals surface area contributed by atoms with Crippen LogP contribution in [0.1, 0.15) is 58.3 Å². The highest BCUT2D eigenvalue weighted by Crippen LogP contribution is 2.19. The average molecular weight is 199 g/mol. The van der Waals surface area contributed by atoms with Crippen molar-refractivity contribution in [3.05, 3.63) is 0 Å². The molecule has 1 saturated carbocycles. The molecular weight excluding hydrogens is 174 g/mol. The fourth-order valence-corrected chi connectivity index (χ4v) is 1.91. The van der Waals surface area contributed by atoms with Gasteiger partial charge in [0, 0.05) is 6.04 Å². The van der Waals surface area contributed by atoms with Gasteiger partial charge in [-0.2, -0.15) is 0 Å². The molecule has 14 heavy (non-hydrogen) atoms. The van der Waals surface area contributed by atoms with Gasteiger partial charge in [0.05, 0.1) is 6.10 Å². The molecule has 0 aromatic heterocycles. The molecule has 0 spiro atoms. The van der Waals surface area contributed by atoms with E-state index < -0.39 is 0 Å². The van der Waals surface area contributed by atoms with E-state index in [9.17, 15) is 5.11 Å². The quantitative estimate of drug-likeness (QED) is 0.589. The highest BCUT2D eigenvalue weighted by atomic mass is 16.3. The maximum Gasteiger partial charge on any atom is 0.0693 e. The lowest BCUT2D eigenvalue weighted by molar-refractivity contribution is 0.0501. The Kier molecular flexibility index (Phi) is 6.20. The Morgan fingerprint density at radius 3 is 2.36 bits per heavy atom. The summed E-state index contributed by atoms with van der Waals surface area (Å²) in [6, 6.07) is 0.408. The molecular formula is C12H25NO. The van der Waals surface area contributed by atoms with Gasteiger partial charge in [-0.3, -0.25) is 0 Å². The largest absolute Gasteiger partial charge is 0.392 e. The molecule has 2 heteroatoms. The van der Waals surface area contributed by atoms with Crippen LogP contribution in [0.15, 0.2) is 0 Å². The Hall–Kier alpha value is -0.0800. The van der Waals surface area contributed by atoms with Crippen LogP contribution in [-0.4, -0.2) is 23.8 Å². The molecule has 0 radical (unpaired) electrons. The number of unbranched alkanes of at least 4 members (excludes halogenated alkanes) is 5. The molecule has 0 bridgehead atoms. The Bertz CT molecular complexity index is 138. The molecule has 1 fully saturated rings. The molecule has 0 saturated heterocycles. The molecule has 2 atom stereocenters. The van der Waals surface area contributed by atoms with Crippen LogP contribution >= 0.6 is 0 Å². The molecule has 0 unspecified atom stereocenters. The van der Waals surface area contributed by atoms with Crippen LogP contribution in [0.5, 0.6) is 0 Å². The van der Waals surface area contributed by atoms with Gasteiger partial charge in [-0.1, -0.05) is 39.0 Å². The summed E-state index contributed by atoms with van der Waals surface area (Å²) >= 11 is 0. The minimum Gasteiger partial charge on any atom is -0.392 e. The summed E-state index contributed by atoms with van der Waals surface area (Å²) in [6.45, 7) is 3.34. The topological polar surface area (TPSA) is 32.3 Å². The normalized spacial score (nSPS) is 26.1. The Labute approximate surface area is 88.1 Å². The molecule has 1 aliphatic rings. The van der Waals surface area contributed by atoms with Crippen molar-refractivity contribution in [1.82, 2.24) is 5.32 Å². The minimum absolute atomic E-state index is 0.0601. The molecule has 0 heterocycles. The van der Waals surface area contributed by atoms with E-state index in [0.29, 0.717) is 6.04 Å². The van der Waals surface area contributed by atoms with Crippen LogP contribution in [0.4, 0.5) is 0 Å². The monoisotopic (exact) mass is 199 g/mol. The first-order valence-corrected chi connectivity index (χ1v) is 6.26. The van der Waals surface area contributed by atoms with Crippen molar-refractivity contribution >= 4 is 0 Å². The second-order valence-electron chi connectivity index (χ2n) is 4.47. The van der Waals surface area contributed by atoms with Crippen molar-refractivity contribution in [2.45, 2.75) is 70.4 Å². The van der Waals surface area contributed by atoms with Crippen molar-refractivity contribution in [1.29, 1.82) is 0 Å². The molecule has 84 valence electrons. The maximum absolute atomic E-state index is 9.32. The zero-order chi connectivity index (χ0) is 10.2. The zero-order valence-electron chi connectivity index (χ0n) is 9.47. The standard InChI is InChI=1S/C12H25NO/c1-2-3-4-5-6-7-10-13-11-8-9-12(11)14/h11-14H,2-10H2,1H3/t11-,12-/m1/s1. The van der Waals surface area contributed by atoms with Gasteiger partial charge in [0.1, 0.15) is 0 Å². The molecule has 1 aliphatic carbocycles. The van der Waals surface area contributed by atoms with Gasteiger partial charge in [-0.25, -0.2) is 0 Å². The molecule has 0 aromatic carbocycles. The van der Waals surface area contributed by atoms with E-state index in [1.807, 2.05) is 0 Å². The lowest BCUT2D eigenvalue weighted by Gasteiger charge is -2.33. The van der Waals surface area contributed by atoms with Crippen LogP contribution in [0.25, 0.3) is 0 Å². The van der Waals surface area contributed by atoms with E-state index in [1.54, 1.807) is 0 Å². The van der Waals surface area contributed by atoms with Crippen LogP contribution < -0.4 is 5.32 Å². The summed E-state index contributed by atoms with van der Waals surface area (Å²) in [5.41, 5.74) is 0. The Balaban J connectivity index is 1.76. The van der Waals surface area contributed by atoms with Gasteiger partial charge >= 0.3 is 0 Å². The van der Waals surface area contributed by atoms with E-state index in [1.165, 1.54) is 38.5 Å². The van der Waals surface area contributed by atoms with Crippen LogP contribution in [-0.2, 0) is 0 Å². The van der Waals surface area contributed by atoms with E-state index >= 15 is 0 Å². The first kappa shape index (κ1) is 12.0. The van der Waals surface area contributed by atoms with Crippen molar-refractivity contribution in [3.8, 4) is 0 Å². The third-order valence-corrected chi connectivity index (χ3v) is 3.17. The van der Waals surface area contributed by atoms with Gasteiger partial charge in [0.25, 0.3) is 0 Å². The summed E-state index contributed by atoms with van der Waals surface area (Å²) in [5.74, 6) is 0. The lowest BCUT2D eigenvalue weighted by atomic mass is 9.89. The number of hydrogen-bond acceptors (Lipinski definition) is 2. The number of aliphatic hydroxyl groups excluding tert-OH is 1. The SMILES string of the molecule is CCCCCCCCN[C@@H]1CC[C@H]1O. The van der Waals surface area contributed by atoms with Gasteiger partial charge in [0.2, 0.25) is 0 Å². The van der Waals surface area contributed by atoms with Crippen LogP contribution in [0.3, 0.4) is 0 Å². The summed E-state index contributed by atoms with van der Waals surface area (Å²) in [7, 11) is 0. The summed E-state index contributed by atoms with van der Waals surface area (Å²) in [5, 5.41) is 12.7. The first-order valence-electron chi connectivity index (χ1n) is 6.26. The fourth-order valence-electron chi connectivity index (χ4n) is 1.91. The van der Waals surface area contributed by atoms with Gasteiger partial charge < -0.3 is 10.4 Å². The molecule has 2 N–H and O–H groups in total. The van der Waals surface area contributed by atoms with Crippen LogP contribution in [0.2, 0.25) is 0 Å². The van der Waals surface area contributed by atoms with Gasteiger partial charge in [-0.15, -0.1) is 0 Å². The van der Waals surface area contributed by atoms with Crippen LogP contribution in [0, 0.1) is 0 Å². The van der Waals surface area contributed by atoms with Crippen molar-refractivity contribution in [2.75, 3.05) is 6.54 Å². The van der Waals surface area contributed by atoms with Gasteiger partial charge in [-0.05, 0) is 25.8 Å². The second kappa shape index (κ2) is 7.24. The number of nitrogens with one attached hydrogen (secondary N) is 1. The van der Waals surface area contributed by atoms with Crippen molar-refractivity contribution in [2.24, 2.45) is 0 Å². The average Bonchev–Trinajstić information content (AvgIpc) is 2.20. The van der Waals surface area contributed by atoms with E-state index in [-0.39, 0.29) is 6.10 Å². The zero-order valence-corrected chi connectivity index (χ0v) is 9.47. The van der Waals surface area contributed by atoms with Gasteiger partial charge in [0.15, 0.2) is 0 Å². The molecule has 0 aromatic rings. The summed E-state index contributed by atoms with van der Waals surface area (Å²) in [6.07, 6.45) is 10.2. The highest BCUT2D eigenvalue weighted by Gasteiger charge is 2.27. The maximum atomic E-state index is 9.32. The summed E-state index contributed by atoms with van der Waals surface area (Å²) in [4.78, 5) is 0. The van der Waals surface area contributed by atoms with Crippen molar-refractivity contribution in [3.63, 3.8) is 0 Å². The molecule has 1 rings (SSSR count). The van der Waals surface area contributed by atoms with Crippen molar-refractivity contribution < 1.29 is 5.11 Å². The lowest BCUT2D eigenvalue weighted by Crippen LogP contribution is -2.48. The predicted octanol–water partition coefficient (Wildman–Crippen LogP) is 2.46. The summed E-state index contributed by atoms with van der Waals surface area (Å²) < 4.78 is 0. The molecule has 0 aliphatic heterocycles. The predicted molar refractivity (Wildman–Crippen MR) is 60.4 cm³/mol. The number of rotatable bonds is 8. The highest BCUT2D eigenvalue weighted by molar-refractivity contribution is 4.85. The Morgan fingerprint density at radius 2 is 1.79 bits per heavy atom. The molecule has 2 nitrogen and oxygen atoms in total. The first-order chi connectivity index (χ1) is 6.84. The van der Waals surface area contributed by atoms with E-state index in [4.69, 9.17) is 0 Å². The second-order valence-corrected chi connectivity index (χ2v) is 4.47. The third kappa shape index (κ3) is 4.43. The third-order valence-electron chi connectivity index (χ3n) is 3.17. The fraction of sp³-hybridized carbons (Fsp3) is 1.00. The van der Waals surface area contributed by atoms with E-state index in [2.05, 4.69) is 12.2 Å².